The van der Waals surface area contributed by atoms with Crippen molar-refractivity contribution in [1.29, 1.82) is 0 Å². The molecule has 0 aromatic heterocycles. The molecule has 3 rings (SSSR count). The van der Waals surface area contributed by atoms with E-state index in [1.54, 1.807) is 11.8 Å². The average molecular weight is 354 g/mol. The lowest BCUT2D eigenvalue weighted by Crippen LogP contribution is -2.28. The van der Waals surface area contributed by atoms with Gasteiger partial charge >= 0.3 is 5.97 Å². The van der Waals surface area contributed by atoms with Crippen molar-refractivity contribution in [3.63, 3.8) is 0 Å². The van der Waals surface area contributed by atoms with E-state index in [1.165, 1.54) is 17.7 Å². The highest BCUT2D eigenvalue weighted by atomic mass is 32.2. The predicted octanol–water partition coefficient (Wildman–Crippen LogP) is 3.66. The normalized spacial score (nSPS) is 21.3. The van der Waals surface area contributed by atoms with Gasteiger partial charge in [0, 0.05) is 15.8 Å². The Bertz CT molecular complexity index is 518. The van der Waals surface area contributed by atoms with Crippen molar-refractivity contribution >= 4 is 28.6 Å². The molecule has 0 spiro atoms. The third-order valence-corrected chi connectivity index (χ3v) is 7.73. The summed E-state index contributed by atoms with van der Waals surface area (Å²) in [6, 6.07) is 8.68. The fourth-order valence-electron chi connectivity index (χ4n) is 3.16. The van der Waals surface area contributed by atoms with Gasteiger partial charge in [0.1, 0.15) is 17.1 Å². The molecule has 0 bridgehead atoms. The molecule has 1 heterocycles. The van der Waals surface area contributed by atoms with Crippen LogP contribution in [0.1, 0.15) is 32.6 Å². The zero-order valence-electron chi connectivity index (χ0n) is 13.7. The van der Waals surface area contributed by atoms with E-state index in [-0.39, 0.29) is 11.6 Å². The van der Waals surface area contributed by atoms with Gasteiger partial charge in [-0.2, -0.15) is 0 Å². The molecule has 3 nitrogen and oxygen atoms in total. The van der Waals surface area contributed by atoms with Gasteiger partial charge in [0.15, 0.2) is 4.90 Å². The number of carbonyl (C=O) groups is 1. The van der Waals surface area contributed by atoms with E-state index in [1.807, 2.05) is 0 Å². The van der Waals surface area contributed by atoms with Crippen LogP contribution in [0.15, 0.2) is 34.1 Å². The number of hydrogen-bond donors (Lipinski definition) is 0. The monoisotopic (exact) mass is 353 g/mol. The van der Waals surface area contributed by atoms with E-state index in [0.717, 1.165) is 42.5 Å². The maximum atomic E-state index is 12.0. The average Bonchev–Trinajstić information content (AvgIpc) is 3.00. The smallest absolute Gasteiger partial charge is 0.316 e. The quantitative estimate of drug-likeness (QED) is 0.460. The van der Waals surface area contributed by atoms with Gasteiger partial charge in [-0.1, -0.05) is 0 Å². The Balaban J connectivity index is 1.47. The van der Waals surface area contributed by atoms with Crippen LogP contribution in [-0.4, -0.2) is 42.0 Å². The van der Waals surface area contributed by atoms with Crippen molar-refractivity contribution in [2.75, 3.05) is 30.5 Å². The van der Waals surface area contributed by atoms with Crippen LogP contribution in [0.25, 0.3) is 0 Å². The van der Waals surface area contributed by atoms with Crippen LogP contribution in [0.4, 0.5) is 0 Å². The second-order valence-electron chi connectivity index (χ2n) is 6.40. The molecule has 126 valence electrons. The lowest BCUT2D eigenvalue weighted by molar-refractivity contribution is -0.154. The Morgan fingerprint density at radius 3 is 2.52 bits per heavy atom. The highest BCUT2D eigenvalue weighted by Gasteiger charge is 2.32. The molecule has 0 unspecified atom stereocenters. The summed E-state index contributed by atoms with van der Waals surface area (Å²) in [6.45, 7) is 3.82. The van der Waals surface area contributed by atoms with Gasteiger partial charge in [0.05, 0.1) is 19.0 Å². The van der Waals surface area contributed by atoms with Crippen LogP contribution in [0.5, 0.6) is 0 Å². The molecule has 1 saturated heterocycles. The molecule has 0 radical (unpaired) electrons. The predicted molar refractivity (Wildman–Crippen MR) is 96.3 cm³/mol. The number of thioether (sulfide) groups is 1. The highest BCUT2D eigenvalue weighted by Crippen LogP contribution is 2.33. The van der Waals surface area contributed by atoms with Crippen LogP contribution in [-0.2, 0) is 25.2 Å². The minimum Gasteiger partial charge on any atom is -0.459 e. The molecule has 5 heteroatoms. The number of hydrogen-bond acceptors (Lipinski definition) is 4. The lowest BCUT2D eigenvalue weighted by Gasteiger charge is -2.23. The van der Waals surface area contributed by atoms with Gasteiger partial charge in [-0.15, -0.1) is 11.8 Å². The minimum atomic E-state index is -0.217. The summed E-state index contributed by atoms with van der Waals surface area (Å²) in [5.74, 6) is 2.58. The molecule has 1 aromatic rings. The number of ether oxygens (including phenoxy) is 2. The minimum absolute atomic E-state index is 0.0882. The molecule has 1 saturated carbocycles. The summed E-state index contributed by atoms with van der Waals surface area (Å²) in [4.78, 5) is 14.6. The summed E-state index contributed by atoms with van der Waals surface area (Å²) in [7, 11) is 0.336. The molecule has 1 aromatic carbocycles. The Kier molecular flexibility index (Phi) is 5.94. The van der Waals surface area contributed by atoms with Crippen molar-refractivity contribution < 1.29 is 14.3 Å². The molecule has 23 heavy (non-hydrogen) atoms. The molecule has 0 N–H and O–H groups in total. The second-order valence-corrected chi connectivity index (χ2v) is 9.73. The maximum Gasteiger partial charge on any atom is 0.316 e. The molecular formula is C18H25O3S2+. The lowest BCUT2D eigenvalue weighted by atomic mass is 10.1. The van der Waals surface area contributed by atoms with Gasteiger partial charge in [-0.25, -0.2) is 0 Å². The third kappa shape index (κ3) is 4.91. The third-order valence-electron chi connectivity index (χ3n) is 4.48. The van der Waals surface area contributed by atoms with Crippen LogP contribution in [0, 0.1) is 0 Å². The number of rotatable bonds is 5. The van der Waals surface area contributed by atoms with Crippen LogP contribution in [0.2, 0.25) is 0 Å². The molecule has 0 atom stereocenters. The standard InChI is InChI=1S/C18H25O3S2/c1-18(8-2-3-9-18)21-17(19)14-22-15-4-6-16(7-5-15)23-12-10-20-11-13-23/h4-7H,2-3,8-14H2,1H3/q+1. The Labute approximate surface area is 145 Å². The fourth-order valence-corrected chi connectivity index (χ4v) is 5.67. The topological polar surface area (TPSA) is 35.5 Å². The summed E-state index contributed by atoms with van der Waals surface area (Å²) in [6.07, 6.45) is 4.35. The van der Waals surface area contributed by atoms with E-state index in [4.69, 9.17) is 9.47 Å². The first-order valence-corrected chi connectivity index (χ1v) is 10.9. The zero-order valence-corrected chi connectivity index (χ0v) is 15.3. The molecule has 2 aliphatic rings. The maximum absolute atomic E-state index is 12.0. The van der Waals surface area contributed by atoms with Crippen molar-refractivity contribution in [2.45, 2.75) is 48.0 Å². The number of benzene rings is 1. The van der Waals surface area contributed by atoms with Crippen molar-refractivity contribution in [3.05, 3.63) is 24.3 Å². The van der Waals surface area contributed by atoms with Crippen LogP contribution in [0.3, 0.4) is 0 Å². The SMILES string of the molecule is CC1(OC(=O)CSc2ccc([S+]3CCOCC3)cc2)CCCC1. The zero-order chi connectivity index (χ0) is 16.1. The van der Waals surface area contributed by atoms with E-state index in [2.05, 4.69) is 31.2 Å². The van der Waals surface area contributed by atoms with Crippen molar-refractivity contribution in [2.24, 2.45) is 0 Å². The van der Waals surface area contributed by atoms with Gasteiger partial charge < -0.3 is 9.47 Å². The Hall–Kier alpha value is -0.650. The van der Waals surface area contributed by atoms with Gasteiger partial charge in [0.25, 0.3) is 0 Å². The van der Waals surface area contributed by atoms with Gasteiger partial charge in [-0.3, -0.25) is 4.79 Å². The van der Waals surface area contributed by atoms with Gasteiger partial charge in [0.2, 0.25) is 0 Å². The summed E-state index contributed by atoms with van der Waals surface area (Å²) < 4.78 is 11.1. The number of esters is 1. The van der Waals surface area contributed by atoms with Gasteiger partial charge in [-0.05, 0) is 56.9 Å². The van der Waals surface area contributed by atoms with E-state index < -0.39 is 0 Å². The molecule has 1 aliphatic heterocycles. The first-order valence-electron chi connectivity index (χ1n) is 8.35. The highest BCUT2D eigenvalue weighted by molar-refractivity contribution is 8.00. The largest absolute Gasteiger partial charge is 0.459 e. The molecule has 0 amide bonds. The van der Waals surface area contributed by atoms with Crippen LogP contribution < -0.4 is 0 Å². The first kappa shape index (κ1) is 17.2. The molecular weight excluding hydrogens is 328 g/mol. The second kappa shape index (κ2) is 7.95. The Morgan fingerprint density at radius 1 is 1.22 bits per heavy atom. The molecule has 2 fully saturated rings. The Morgan fingerprint density at radius 2 is 1.87 bits per heavy atom. The van der Waals surface area contributed by atoms with Crippen molar-refractivity contribution in [3.8, 4) is 0 Å². The summed E-state index contributed by atoms with van der Waals surface area (Å²) >= 11 is 1.57. The number of carbonyl (C=O) groups excluding carboxylic acids is 1. The summed E-state index contributed by atoms with van der Waals surface area (Å²) in [5, 5.41) is 0. The molecule has 1 aliphatic carbocycles. The van der Waals surface area contributed by atoms with Crippen molar-refractivity contribution in [1.82, 2.24) is 0 Å². The van der Waals surface area contributed by atoms with E-state index >= 15 is 0 Å². The first-order chi connectivity index (χ1) is 11.1. The van der Waals surface area contributed by atoms with Crippen LogP contribution >= 0.6 is 11.8 Å². The van der Waals surface area contributed by atoms with E-state index in [9.17, 15) is 4.79 Å². The van der Waals surface area contributed by atoms with E-state index in [0.29, 0.717) is 16.6 Å². The fraction of sp³-hybridized carbons (Fsp3) is 0.611. The summed E-state index contributed by atoms with van der Waals surface area (Å²) in [5.41, 5.74) is -0.217.